The van der Waals surface area contributed by atoms with Gasteiger partial charge in [0, 0.05) is 11.8 Å². The van der Waals surface area contributed by atoms with Crippen LogP contribution < -0.4 is 0 Å². The molecular weight excluding hydrogens is 252 g/mol. The van der Waals surface area contributed by atoms with E-state index in [0.29, 0.717) is 11.9 Å². The molecule has 4 heteroatoms. The summed E-state index contributed by atoms with van der Waals surface area (Å²) in [6.07, 6.45) is 3.24. The standard InChI is InChI=1S/C13H17ClN2S/c1-3-10(9-17-2)16-12-7-5-4-6-11(12)15-13(16)8-14/h4-7,10H,3,8-9H2,1-2H3. The summed E-state index contributed by atoms with van der Waals surface area (Å²) in [5, 5.41) is 0. The van der Waals surface area contributed by atoms with Crippen molar-refractivity contribution in [2.75, 3.05) is 12.0 Å². The number of aromatic nitrogens is 2. The summed E-state index contributed by atoms with van der Waals surface area (Å²) >= 11 is 7.88. The number of nitrogens with zero attached hydrogens (tertiary/aromatic N) is 2. The van der Waals surface area contributed by atoms with Gasteiger partial charge in [-0.25, -0.2) is 4.98 Å². The first kappa shape index (κ1) is 12.8. The zero-order chi connectivity index (χ0) is 12.3. The van der Waals surface area contributed by atoms with Gasteiger partial charge in [0.1, 0.15) is 5.82 Å². The third-order valence-electron chi connectivity index (χ3n) is 2.98. The quantitative estimate of drug-likeness (QED) is 0.760. The minimum atomic E-state index is 0.472. The van der Waals surface area contributed by atoms with Crippen molar-refractivity contribution >= 4 is 34.4 Å². The molecule has 0 aliphatic rings. The van der Waals surface area contributed by atoms with Crippen molar-refractivity contribution in [2.24, 2.45) is 0 Å². The van der Waals surface area contributed by atoms with E-state index in [9.17, 15) is 0 Å². The molecule has 2 rings (SSSR count). The van der Waals surface area contributed by atoms with Crippen molar-refractivity contribution in [3.63, 3.8) is 0 Å². The van der Waals surface area contributed by atoms with Gasteiger partial charge in [-0.3, -0.25) is 0 Å². The maximum atomic E-state index is 6.01. The number of imidazole rings is 1. The molecule has 92 valence electrons. The molecule has 1 atom stereocenters. The van der Waals surface area contributed by atoms with Gasteiger partial charge in [0.05, 0.1) is 16.9 Å². The Morgan fingerprint density at radius 2 is 2.18 bits per heavy atom. The molecule has 0 radical (unpaired) electrons. The van der Waals surface area contributed by atoms with Gasteiger partial charge in [-0.05, 0) is 24.8 Å². The van der Waals surface area contributed by atoms with Gasteiger partial charge in [-0.1, -0.05) is 19.1 Å². The fourth-order valence-corrected chi connectivity index (χ4v) is 3.12. The summed E-state index contributed by atoms with van der Waals surface area (Å²) in [6.45, 7) is 2.22. The zero-order valence-corrected chi connectivity index (χ0v) is 11.8. The van der Waals surface area contributed by atoms with Crippen molar-refractivity contribution in [3.8, 4) is 0 Å². The fraction of sp³-hybridized carbons (Fsp3) is 0.462. The van der Waals surface area contributed by atoms with E-state index in [-0.39, 0.29) is 0 Å². The molecule has 2 aromatic rings. The van der Waals surface area contributed by atoms with Crippen molar-refractivity contribution in [1.82, 2.24) is 9.55 Å². The Bertz CT molecular complexity index is 495. The van der Waals surface area contributed by atoms with Gasteiger partial charge >= 0.3 is 0 Å². The highest BCUT2D eigenvalue weighted by molar-refractivity contribution is 7.98. The smallest absolute Gasteiger partial charge is 0.125 e. The minimum absolute atomic E-state index is 0.472. The van der Waals surface area contributed by atoms with E-state index >= 15 is 0 Å². The van der Waals surface area contributed by atoms with Gasteiger partial charge in [0.2, 0.25) is 0 Å². The lowest BCUT2D eigenvalue weighted by molar-refractivity contribution is 0.538. The lowest BCUT2D eigenvalue weighted by atomic mass is 10.2. The topological polar surface area (TPSA) is 17.8 Å². The third-order valence-corrected chi connectivity index (χ3v) is 3.94. The molecule has 0 saturated carbocycles. The van der Waals surface area contributed by atoms with Crippen LogP contribution in [0.25, 0.3) is 11.0 Å². The van der Waals surface area contributed by atoms with Gasteiger partial charge in [0.15, 0.2) is 0 Å². The molecule has 0 spiro atoms. The van der Waals surface area contributed by atoms with Gasteiger partial charge in [-0.2, -0.15) is 11.8 Å². The number of hydrogen-bond acceptors (Lipinski definition) is 2. The number of alkyl halides is 1. The van der Waals surface area contributed by atoms with Crippen molar-refractivity contribution in [3.05, 3.63) is 30.1 Å². The predicted molar refractivity (Wildman–Crippen MR) is 77.0 cm³/mol. The molecule has 17 heavy (non-hydrogen) atoms. The van der Waals surface area contributed by atoms with Crippen LogP contribution in [0.15, 0.2) is 24.3 Å². The Balaban J connectivity index is 2.55. The second-order valence-corrected chi connectivity index (χ2v) is 5.22. The first-order valence-electron chi connectivity index (χ1n) is 5.82. The molecule has 0 amide bonds. The van der Waals surface area contributed by atoms with Crippen LogP contribution in [0.2, 0.25) is 0 Å². The van der Waals surface area contributed by atoms with E-state index in [2.05, 4.69) is 34.9 Å². The molecule has 0 bridgehead atoms. The average Bonchev–Trinajstić information content (AvgIpc) is 2.74. The Kier molecular flexibility index (Phi) is 4.35. The average molecular weight is 269 g/mol. The number of para-hydroxylation sites is 2. The summed E-state index contributed by atoms with van der Waals surface area (Å²) in [5.74, 6) is 2.55. The Labute approximate surface area is 111 Å². The molecule has 1 aromatic heterocycles. The highest BCUT2D eigenvalue weighted by atomic mass is 35.5. The van der Waals surface area contributed by atoms with Crippen LogP contribution >= 0.6 is 23.4 Å². The molecule has 0 aliphatic carbocycles. The van der Waals surface area contributed by atoms with Gasteiger partial charge in [-0.15, -0.1) is 11.6 Å². The normalized spacial score (nSPS) is 13.1. The summed E-state index contributed by atoms with van der Waals surface area (Å²) in [4.78, 5) is 4.60. The second kappa shape index (κ2) is 5.78. The van der Waals surface area contributed by atoms with E-state index in [1.165, 1.54) is 5.52 Å². The summed E-state index contributed by atoms with van der Waals surface area (Å²) in [7, 11) is 0. The summed E-state index contributed by atoms with van der Waals surface area (Å²) in [5.41, 5.74) is 2.24. The number of fused-ring (bicyclic) bond motifs is 1. The number of halogens is 1. The highest BCUT2D eigenvalue weighted by Gasteiger charge is 2.16. The SMILES string of the molecule is CCC(CSC)n1c(CCl)nc2ccccc21. The van der Waals surface area contributed by atoms with Crippen LogP contribution in [-0.4, -0.2) is 21.6 Å². The minimum Gasteiger partial charge on any atom is -0.323 e. The van der Waals surface area contributed by atoms with Crippen LogP contribution in [0.1, 0.15) is 25.2 Å². The molecule has 2 nitrogen and oxygen atoms in total. The molecule has 0 fully saturated rings. The van der Waals surface area contributed by atoms with E-state index < -0.39 is 0 Å². The van der Waals surface area contributed by atoms with Gasteiger partial charge in [0.25, 0.3) is 0 Å². The highest BCUT2D eigenvalue weighted by Crippen LogP contribution is 2.26. The van der Waals surface area contributed by atoms with E-state index in [4.69, 9.17) is 11.6 Å². The number of thioether (sulfide) groups is 1. The maximum Gasteiger partial charge on any atom is 0.125 e. The number of benzene rings is 1. The Hall–Kier alpha value is -0.670. The molecule has 1 heterocycles. The van der Waals surface area contributed by atoms with Crippen LogP contribution in [0.5, 0.6) is 0 Å². The van der Waals surface area contributed by atoms with Crippen molar-refractivity contribution in [1.29, 1.82) is 0 Å². The molecule has 0 N–H and O–H groups in total. The molecule has 0 saturated heterocycles. The maximum absolute atomic E-state index is 6.01. The van der Waals surface area contributed by atoms with E-state index in [1.54, 1.807) is 0 Å². The first-order valence-corrected chi connectivity index (χ1v) is 7.75. The van der Waals surface area contributed by atoms with Crippen molar-refractivity contribution in [2.45, 2.75) is 25.3 Å². The van der Waals surface area contributed by atoms with E-state index in [0.717, 1.165) is 23.5 Å². The predicted octanol–water partition coefficient (Wildman–Crippen LogP) is 4.09. The monoisotopic (exact) mass is 268 g/mol. The summed E-state index contributed by atoms with van der Waals surface area (Å²) < 4.78 is 2.30. The number of rotatable bonds is 5. The summed E-state index contributed by atoms with van der Waals surface area (Å²) in [6, 6.07) is 8.73. The molecule has 0 aliphatic heterocycles. The lowest BCUT2D eigenvalue weighted by Gasteiger charge is -2.18. The van der Waals surface area contributed by atoms with Crippen LogP contribution in [-0.2, 0) is 5.88 Å². The molecule has 1 unspecified atom stereocenters. The Morgan fingerprint density at radius 1 is 1.41 bits per heavy atom. The van der Waals surface area contributed by atoms with Crippen molar-refractivity contribution < 1.29 is 0 Å². The van der Waals surface area contributed by atoms with Crippen LogP contribution in [0.3, 0.4) is 0 Å². The van der Waals surface area contributed by atoms with Crippen LogP contribution in [0.4, 0.5) is 0 Å². The zero-order valence-electron chi connectivity index (χ0n) is 10.2. The largest absolute Gasteiger partial charge is 0.323 e. The number of hydrogen-bond donors (Lipinski definition) is 0. The fourth-order valence-electron chi connectivity index (χ4n) is 2.16. The third kappa shape index (κ3) is 2.45. The first-order chi connectivity index (χ1) is 8.31. The lowest BCUT2D eigenvalue weighted by Crippen LogP contribution is -2.13. The second-order valence-electron chi connectivity index (χ2n) is 4.04. The van der Waals surface area contributed by atoms with Gasteiger partial charge < -0.3 is 4.57 Å². The van der Waals surface area contributed by atoms with E-state index in [1.807, 2.05) is 23.9 Å². The molecular formula is C13H17ClN2S. The molecule has 1 aromatic carbocycles. The van der Waals surface area contributed by atoms with Crippen LogP contribution in [0, 0.1) is 0 Å². The Morgan fingerprint density at radius 3 is 2.82 bits per heavy atom.